The van der Waals surface area contributed by atoms with Crippen LogP contribution in [0.4, 0.5) is 0 Å². The molecule has 0 unspecified atom stereocenters. The average molecular weight is 247 g/mol. The highest BCUT2D eigenvalue weighted by molar-refractivity contribution is 5.41. The van der Waals surface area contributed by atoms with Crippen molar-refractivity contribution < 1.29 is 9.84 Å². The van der Waals surface area contributed by atoms with Crippen LogP contribution in [0.5, 0.6) is 5.75 Å². The maximum Gasteiger partial charge on any atom is 0.127 e. The van der Waals surface area contributed by atoms with E-state index in [1.165, 1.54) is 30.4 Å². The second kappa shape index (κ2) is 5.29. The highest BCUT2D eigenvalue weighted by atomic mass is 16.5. The van der Waals surface area contributed by atoms with E-state index < -0.39 is 6.10 Å². The summed E-state index contributed by atoms with van der Waals surface area (Å²) in [4.78, 5) is 0. The molecular formula is C15H21NO2. The summed E-state index contributed by atoms with van der Waals surface area (Å²) >= 11 is 0. The van der Waals surface area contributed by atoms with Crippen LogP contribution in [-0.4, -0.2) is 30.4 Å². The number of fused-ring (bicyclic) bond motifs is 1. The molecule has 1 fully saturated rings. The summed E-state index contributed by atoms with van der Waals surface area (Å²) in [6.07, 6.45) is 5.26. The zero-order chi connectivity index (χ0) is 12.4. The molecule has 2 N–H and O–H groups in total. The Balaban J connectivity index is 1.79. The van der Waals surface area contributed by atoms with Gasteiger partial charge in [-0.05, 0) is 55.8 Å². The molecule has 1 aliphatic carbocycles. The van der Waals surface area contributed by atoms with Crippen molar-refractivity contribution >= 4 is 0 Å². The van der Waals surface area contributed by atoms with Crippen molar-refractivity contribution in [3.05, 3.63) is 29.3 Å². The van der Waals surface area contributed by atoms with Gasteiger partial charge in [-0.15, -0.1) is 0 Å². The molecule has 0 amide bonds. The number of hydrogen-bond acceptors (Lipinski definition) is 3. The van der Waals surface area contributed by atoms with E-state index >= 15 is 0 Å². The Morgan fingerprint density at radius 3 is 3.00 bits per heavy atom. The van der Waals surface area contributed by atoms with Gasteiger partial charge in [0.25, 0.3) is 0 Å². The lowest BCUT2D eigenvalue weighted by Gasteiger charge is -2.30. The van der Waals surface area contributed by atoms with Crippen molar-refractivity contribution in [3.63, 3.8) is 0 Å². The van der Waals surface area contributed by atoms with Gasteiger partial charge < -0.3 is 15.2 Å². The molecule has 0 bridgehead atoms. The summed E-state index contributed by atoms with van der Waals surface area (Å²) in [6, 6.07) is 6.34. The van der Waals surface area contributed by atoms with Gasteiger partial charge in [-0.1, -0.05) is 12.1 Å². The zero-order valence-corrected chi connectivity index (χ0v) is 10.7. The summed E-state index contributed by atoms with van der Waals surface area (Å²) < 4.78 is 6.08. The molecule has 0 spiro atoms. The molecule has 3 heteroatoms. The number of ether oxygens (including phenoxy) is 1. The van der Waals surface area contributed by atoms with Gasteiger partial charge in [-0.25, -0.2) is 0 Å². The first-order valence-corrected chi connectivity index (χ1v) is 7.01. The number of aliphatic hydroxyl groups excluding tert-OH is 1. The molecule has 3 nitrogen and oxygen atoms in total. The summed E-state index contributed by atoms with van der Waals surface area (Å²) in [6.45, 7) is 1.57. The molecule has 3 rings (SSSR count). The fourth-order valence-corrected chi connectivity index (χ4v) is 2.98. The lowest BCUT2D eigenvalue weighted by Crippen LogP contribution is -2.46. The quantitative estimate of drug-likeness (QED) is 0.835. The predicted octanol–water partition coefficient (Wildman–Crippen LogP) is 1.67. The van der Waals surface area contributed by atoms with E-state index in [1.807, 2.05) is 0 Å². The second-order valence-corrected chi connectivity index (χ2v) is 5.32. The van der Waals surface area contributed by atoms with Crippen molar-refractivity contribution in [2.24, 2.45) is 0 Å². The Hall–Kier alpha value is -1.06. The first kappa shape index (κ1) is 12.0. The third kappa shape index (κ3) is 2.38. The molecule has 0 radical (unpaired) electrons. The topological polar surface area (TPSA) is 41.5 Å². The Morgan fingerprint density at radius 2 is 2.11 bits per heavy atom. The highest BCUT2D eigenvalue weighted by Gasteiger charge is 2.25. The standard InChI is InChI=1S/C15H21NO2/c17-13-10-16-9-8-15(13)18-14-7-3-5-11-4-1-2-6-12(11)14/h3,5,7,13,15-17H,1-2,4,6,8-10H2/t13-,15-/m1/s1. The van der Waals surface area contributed by atoms with Gasteiger partial charge in [-0.3, -0.25) is 0 Å². The molecule has 2 aliphatic rings. The summed E-state index contributed by atoms with van der Waals surface area (Å²) in [7, 11) is 0. The van der Waals surface area contributed by atoms with E-state index in [1.54, 1.807) is 0 Å². The first-order chi connectivity index (χ1) is 8.84. The maximum atomic E-state index is 9.95. The van der Waals surface area contributed by atoms with Crippen LogP contribution in [0.1, 0.15) is 30.4 Å². The normalized spacial score (nSPS) is 27.6. The second-order valence-electron chi connectivity index (χ2n) is 5.32. The predicted molar refractivity (Wildman–Crippen MR) is 71.0 cm³/mol. The van der Waals surface area contributed by atoms with E-state index in [-0.39, 0.29) is 6.10 Å². The number of aryl methyl sites for hydroxylation is 1. The van der Waals surface area contributed by atoms with Crippen LogP contribution in [0.2, 0.25) is 0 Å². The summed E-state index contributed by atoms with van der Waals surface area (Å²) in [5, 5.41) is 13.1. The fraction of sp³-hybridized carbons (Fsp3) is 0.600. The van der Waals surface area contributed by atoms with Crippen LogP contribution in [0.15, 0.2) is 18.2 Å². The van der Waals surface area contributed by atoms with E-state index in [0.717, 1.165) is 25.1 Å². The largest absolute Gasteiger partial charge is 0.487 e. The van der Waals surface area contributed by atoms with E-state index in [0.29, 0.717) is 6.54 Å². The van der Waals surface area contributed by atoms with Crippen molar-refractivity contribution in [1.29, 1.82) is 0 Å². The molecule has 18 heavy (non-hydrogen) atoms. The highest BCUT2D eigenvalue weighted by Crippen LogP contribution is 2.30. The number of piperidine rings is 1. The minimum Gasteiger partial charge on any atom is -0.487 e. The SMILES string of the molecule is O[C@@H]1CNCC[C@H]1Oc1cccc2c1CCCC2. The molecule has 1 aromatic rings. The number of hydrogen-bond donors (Lipinski definition) is 2. The average Bonchev–Trinajstić information content (AvgIpc) is 2.42. The number of β-amino-alcohol motifs (C(OH)–C–C–N with tert-alkyl or cyclic N) is 1. The molecule has 1 saturated heterocycles. The minimum absolute atomic E-state index is 0.0559. The van der Waals surface area contributed by atoms with Crippen molar-refractivity contribution in [2.75, 3.05) is 13.1 Å². The Bertz CT molecular complexity index is 419. The van der Waals surface area contributed by atoms with Crippen LogP contribution in [0, 0.1) is 0 Å². The zero-order valence-electron chi connectivity index (χ0n) is 10.7. The Morgan fingerprint density at radius 1 is 1.22 bits per heavy atom. The first-order valence-electron chi connectivity index (χ1n) is 7.01. The summed E-state index contributed by atoms with van der Waals surface area (Å²) in [5.74, 6) is 0.998. The molecular weight excluding hydrogens is 226 g/mol. The van der Waals surface area contributed by atoms with Crippen LogP contribution in [-0.2, 0) is 12.8 Å². The number of rotatable bonds is 2. The molecule has 98 valence electrons. The molecule has 1 heterocycles. The summed E-state index contributed by atoms with van der Waals surface area (Å²) in [5.41, 5.74) is 2.80. The Kier molecular flexibility index (Phi) is 3.52. The van der Waals surface area contributed by atoms with E-state index in [9.17, 15) is 5.11 Å². The van der Waals surface area contributed by atoms with E-state index in [4.69, 9.17) is 4.74 Å². The number of nitrogens with one attached hydrogen (secondary N) is 1. The number of aliphatic hydroxyl groups is 1. The minimum atomic E-state index is -0.391. The van der Waals surface area contributed by atoms with E-state index in [2.05, 4.69) is 23.5 Å². The van der Waals surface area contributed by atoms with Crippen molar-refractivity contribution in [2.45, 2.75) is 44.3 Å². The molecule has 1 aromatic carbocycles. The van der Waals surface area contributed by atoms with Crippen molar-refractivity contribution in [3.8, 4) is 5.75 Å². The van der Waals surface area contributed by atoms with Crippen LogP contribution in [0.25, 0.3) is 0 Å². The monoisotopic (exact) mass is 247 g/mol. The fourth-order valence-electron chi connectivity index (χ4n) is 2.98. The molecule has 0 aromatic heterocycles. The maximum absolute atomic E-state index is 9.95. The smallest absolute Gasteiger partial charge is 0.127 e. The van der Waals surface area contributed by atoms with Gasteiger partial charge in [-0.2, -0.15) is 0 Å². The van der Waals surface area contributed by atoms with Gasteiger partial charge >= 0.3 is 0 Å². The lowest BCUT2D eigenvalue weighted by atomic mass is 9.91. The van der Waals surface area contributed by atoms with Gasteiger partial charge in [0.1, 0.15) is 18.0 Å². The molecule has 0 saturated carbocycles. The van der Waals surface area contributed by atoms with Gasteiger partial charge in [0.05, 0.1) is 0 Å². The van der Waals surface area contributed by atoms with Crippen molar-refractivity contribution in [1.82, 2.24) is 5.32 Å². The third-order valence-corrected chi connectivity index (χ3v) is 4.02. The molecule has 2 atom stereocenters. The Labute approximate surface area is 108 Å². The van der Waals surface area contributed by atoms with Crippen LogP contribution >= 0.6 is 0 Å². The third-order valence-electron chi connectivity index (χ3n) is 4.02. The van der Waals surface area contributed by atoms with Gasteiger partial charge in [0.15, 0.2) is 0 Å². The number of benzene rings is 1. The lowest BCUT2D eigenvalue weighted by molar-refractivity contribution is 0.0156. The van der Waals surface area contributed by atoms with Gasteiger partial charge in [0.2, 0.25) is 0 Å². The van der Waals surface area contributed by atoms with Crippen LogP contribution < -0.4 is 10.1 Å². The molecule has 1 aliphatic heterocycles. The van der Waals surface area contributed by atoms with Gasteiger partial charge in [0, 0.05) is 6.54 Å². The van der Waals surface area contributed by atoms with Crippen LogP contribution in [0.3, 0.4) is 0 Å².